The molecular weight excluding hydrogens is 284 g/mol. The average molecular weight is 302 g/mol. The lowest BCUT2D eigenvalue weighted by Gasteiger charge is -2.09. The lowest BCUT2D eigenvalue weighted by Crippen LogP contribution is -2.27. The van der Waals surface area contributed by atoms with Crippen LogP contribution in [-0.2, 0) is 21.8 Å². The molecule has 1 aliphatic rings. The first kappa shape index (κ1) is 15.0. The molecule has 0 aromatic carbocycles. The number of carboxylic acid groups (broad SMARTS) is 1. The van der Waals surface area contributed by atoms with Gasteiger partial charge in [-0.15, -0.1) is 0 Å². The monoisotopic (exact) mass is 302 g/mol. The summed E-state index contributed by atoms with van der Waals surface area (Å²) in [7, 11) is -2.18. The zero-order chi connectivity index (χ0) is 14.8. The number of aromatic nitrogens is 1. The van der Waals surface area contributed by atoms with Crippen molar-refractivity contribution in [3.63, 3.8) is 0 Å². The molecule has 1 aromatic rings. The highest BCUT2D eigenvalue weighted by atomic mass is 32.2. The number of nitrogens with zero attached hydrogens (tertiary/aromatic N) is 1. The summed E-state index contributed by atoms with van der Waals surface area (Å²) in [5.41, 5.74) is -0.0653. The van der Waals surface area contributed by atoms with Gasteiger partial charge in [-0.2, -0.15) is 0 Å². The second kappa shape index (κ2) is 5.94. The van der Waals surface area contributed by atoms with Crippen molar-refractivity contribution >= 4 is 16.0 Å². The molecule has 0 aliphatic carbocycles. The lowest BCUT2D eigenvalue weighted by molar-refractivity contribution is 0.0686. The van der Waals surface area contributed by atoms with Gasteiger partial charge in [0.25, 0.3) is 0 Å². The fourth-order valence-electron chi connectivity index (χ4n) is 2.20. The maximum absolute atomic E-state index is 12.0. The van der Waals surface area contributed by atoms with Crippen LogP contribution in [-0.4, -0.2) is 43.3 Å². The molecule has 1 aliphatic heterocycles. The highest BCUT2D eigenvalue weighted by molar-refractivity contribution is 7.89. The summed E-state index contributed by atoms with van der Waals surface area (Å²) in [5.74, 6) is -1.16. The van der Waals surface area contributed by atoms with E-state index in [2.05, 4.69) is 4.72 Å². The van der Waals surface area contributed by atoms with Crippen molar-refractivity contribution in [3.05, 3.63) is 18.0 Å². The first-order valence-corrected chi connectivity index (χ1v) is 7.89. The van der Waals surface area contributed by atoms with Crippen LogP contribution in [0.3, 0.4) is 0 Å². The van der Waals surface area contributed by atoms with Crippen LogP contribution in [0.4, 0.5) is 0 Å². The Balaban J connectivity index is 1.98. The summed E-state index contributed by atoms with van der Waals surface area (Å²) >= 11 is 0. The van der Waals surface area contributed by atoms with Gasteiger partial charge in [0.2, 0.25) is 10.0 Å². The largest absolute Gasteiger partial charge is 0.477 e. The summed E-state index contributed by atoms with van der Waals surface area (Å²) in [6, 6.07) is 1.15. The van der Waals surface area contributed by atoms with E-state index in [1.54, 1.807) is 0 Å². The number of carbonyl (C=O) groups is 1. The third-order valence-electron chi connectivity index (χ3n) is 3.29. The Bertz CT molecular complexity index is 587. The fourth-order valence-corrected chi connectivity index (χ4v) is 3.32. The number of hydrogen-bond acceptors (Lipinski definition) is 4. The van der Waals surface area contributed by atoms with E-state index in [0.29, 0.717) is 6.42 Å². The molecule has 8 heteroatoms. The van der Waals surface area contributed by atoms with Gasteiger partial charge in [0.1, 0.15) is 10.6 Å². The fraction of sp³-hybridized carbons (Fsp3) is 0.583. The zero-order valence-corrected chi connectivity index (χ0v) is 12.0. The number of ether oxygens (including phenoxy) is 1. The molecule has 1 atom stereocenters. The molecule has 2 rings (SSSR count). The van der Waals surface area contributed by atoms with Crippen molar-refractivity contribution in [3.8, 4) is 0 Å². The first-order valence-electron chi connectivity index (χ1n) is 6.41. The number of aromatic carboxylic acids is 1. The number of sulfonamides is 1. The molecule has 112 valence electrons. The van der Waals surface area contributed by atoms with Gasteiger partial charge in [0, 0.05) is 26.4 Å². The SMILES string of the molecule is Cn1cc(S(=O)(=O)NCCC2CCCO2)cc1C(=O)O. The molecule has 0 radical (unpaired) electrons. The van der Waals surface area contributed by atoms with Gasteiger partial charge < -0.3 is 14.4 Å². The molecule has 1 fully saturated rings. The van der Waals surface area contributed by atoms with Crippen LogP contribution in [0.15, 0.2) is 17.2 Å². The normalized spacial score (nSPS) is 19.4. The minimum Gasteiger partial charge on any atom is -0.477 e. The quantitative estimate of drug-likeness (QED) is 0.800. The Morgan fingerprint density at radius 1 is 1.60 bits per heavy atom. The molecule has 0 spiro atoms. The van der Waals surface area contributed by atoms with Gasteiger partial charge >= 0.3 is 5.97 Å². The third-order valence-corrected chi connectivity index (χ3v) is 4.72. The Kier molecular flexibility index (Phi) is 4.46. The number of aryl methyl sites for hydroxylation is 1. The summed E-state index contributed by atoms with van der Waals surface area (Å²) in [4.78, 5) is 10.9. The molecule has 0 saturated carbocycles. The van der Waals surface area contributed by atoms with Crippen molar-refractivity contribution in [2.45, 2.75) is 30.3 Å². The van der Waals surface area contributed by atoms with Crippen molar-refractivity contribution in [1.29, 1.82) is 0 Å². The Morgan fingerprint density at radius 3 is 2.90 bits per heavy atom. The van der Waals surface area contributed by atoms with E-state index in [1.165, 1.54) is 17.8 Å². The topological polar surface area (TPSA) is 97.6 Å². The molecule has 0 amide bonds. The molecule has 7 nitrogen and oxygen atoms in total. The van der Waals surface area contributed by atoms with Gasteiger partial charge in [0.05, 0.1) is 6.10 Å². The van der Waals surface area contributed by atoms with Crippen LogP contribution >= 0.6 is 0 Å². The second-order valence-electron chi connectivity index (χ2n) is 4.80. The number of carboxylic acids is 1. The summed E-state index contributed by atoms with van der Waals surface area (Å²) in [6.07, 6.45) is 3.99. The van der Waals surface area contributed by atoms with E-state index in [1.807, 2.05) is 0 Å². The Hall–Kier alpha value is -1.38. The van der Waals surface area contributed by atoms with Gasteiger partial charge in [-0.25, -0.2) is 17.9 Å². The summed E-state index contributed by atoms with van der Waals surface area (Å²) in [5, 5.41) is 8.91. The van der Waals surface area contributed by atoms with Crippen molar-refractivity contribution in [2.75, 3.05) is 13.2 Å². The number of hydrogen-bond donors (Lipinski definition) is 2. The molecule has 2 heterocycles. The van der Waals surface area contributed by atoms with Crippen LogP contribution in [0.2, 0.25) is 0 Å². The predicted molar refractivity (Wildman–Crippen MR) is 71.2 cm³/mol. The number of rotatable bonds is 6. The van der Waals surface area contributed by atoms with E-state index >= 15 is 0 Å². The van der Waals surface area contributed by atoms with Crippen molar-refractivity contribution < 1.29 is 23.1 Å². The van der Waals surface area contributed by atoms with E-state index in [0.717, 1.165) is 25.5 Å². The van der Waals surface area contributed by atoms with E-state index in [4.69, 9.17) is 9.84 Å². The van der Waals surface area contributed by atoms with E-state index in [9.17, 15) is 13.2 Å². The molecular formula is C12H18N2O5S. The minimum atomic E-state index is -3.68. The van der Waals surface area contributed by atoms with Gasteiger partial charge in [-0.3, -0.25) is 0 Å². The third kappa shape index (κ3) is 3.38. The maximum atomic E-state index is 12.0. The van der Waals surface area contributed by atoms with E-state index in [-0.39, 0.29) is 23.2 Å². The van der Waals surface area contributed by atoms with Crippen LogP contribution in [0, 0.1) is 0 Å². The maximum Gasteiger partial charge on any atom is 0.352 e. The highest BCUT2D eigenvalue weighted by Gasteiger charge is 2.21. The lowest BCUT2D eigenvalue weighted by atomic mass is 10.2. The van der Waals surface area contributed by atoms with Gasteiger partial charge in [0.15, 0.2) is 0 Å². The van der Waals surface area contributed by atoms with Crippen LogP contribution in [0.5, 0.6) is 0 Å². The van der Waals surface area contributed by atoms with Crippen LogP contribution in [0.25, 0.3) is 0 Å². The molecule has 0 bridgehead atoms. The van der Waals surface area contributed by atoms with Gasteiger partial charge in [-0.1, -0.05) is 0 Å². The molecule has 1 saturated heterocycles. The molecule has 1 unspecified atom stereocenters. The molecule has 1 aromatic heterocycles. The number of nitrogens with one attached hydrogen (secondary N) is 1. The average Bonchev–Trinajstić information content (AvgIpc) is 2.98. The minimum absolute atomic E-state index is 0.0373. The highest BCUT2D eigenvalue weighted by Crippen LogP contribution is 2.16. The van der Waals surface area contributed by atoms with Crippen LogP contribution in [0.1, 0.15) is 29.8 Å². The first-order chi connectivity index (χ1) is 9.40. The van der Waals surface area contributed by atoms with Crippen molar-refractivity contribution in [1.82, 2.24) is 9.29 Å². The smallest absolute Gasteiger partial charge is 0.352 e. The summed E-state index contributed by atoms with van der Waals surface area (Å²) < 4.78 is 33.2. The van der Waals surface area contributed by atoms with Crippen LogP contribution < -0.4 is 4.72 Å². The van der Waals surface area contributed by atoms with E-state index < -0.39 is 16.0 Å². The second-order valence-corrected chi connectivity index (χ2v) is 6.57. The van der Waals surface area contributed by atoms with Gasteiger partial charge in [-0.05, 0) is 25.3 Å². The molecule has 20 heavy (non-hydrogen) atoms. The van der Waals surface area contributed by atoms with Crippen molar-refractivity contribution in [2.24, 2.45) is 7.05 Å². The molecule has 2 N–H and O–H groups in total. The Labute approximate surface area is 117 Å². The standard InChI is InChI=1S/C12H18N2O5S/c1-14-8-10(7-11(14)12(15)16)20(17,18)13-5-4-9-3-2-6-19-9/h7-9,13H,2-6H2,1H3,(H,15,16). The Morgan fingerprint density at radius 2 is 2.35 bits per heavy atom. The predicted octanol–water partition coefficient (Wildman–Crippen LogP) is 0.571. The zero-order valence-electron chi connectivity index (χ0n) is 11.2. The summed E-state index contributed by atoms with van der Waals surface area (Å²) in [6.45, 7) is 1.02.